The van der Waals surface area contributed by atoms with Crippen LogP contribution >= 0.6 is 31.4 Å². The lowest BCUT2D eigenvalue weighted by Gasteiger charge is -2.18. The third kappa shape index (κ3) is 5.55. The maximum atomic E-state index is 12.1. The van der Waals surface area contributed by atoms with Gasteiger partial charge in [-0.2, -0.15) is 14.8 Å². The molecule has 0 radical (unpaired) electrons. The van der Waals surface area contributed by atoms with Crippen molar-refractivity contribution >= 4 is 60.0 Å². The molecule has 0 bridgehead atoms. The Morgan fingerprint density at radius 3 is 2.83 bits per heavy atom. The van der Waals surface area contributed by atoms with Crippen molar-refractivity contribution in [3.63, 3.8) is 0 Å². The van der Waals surface area contributed by atoms with Crippen LogP contribution in [-0.4, -0.2) is 93.9 Å². The summed E-state index contributed by atoms with van der Waals surface area (Å²) < 4.78 is 36.9. The van der Waals surface area contributed by atoms with Gasteiger partial charge in [0.25, 0.3) is 5.56 Å². The van der Waals surface area contributed by atoms with Crippen molar-refractivity contribution in [2.24, 2.45) is 5.92 Å². The molecule has 19 nitrogen and oxygen atoms in total. The zero-order valence-corrected chi connectivity index (χ0v) is 24.6. The number of thiol groups is 1. The molecule has 6 heterocycles. The Bertz CT molecular complexity index is 1610. The number of rotatable bonds is 11. The normalized spacial score (nSPS) is 28.2. The first-order valence-electron chi connectivity index (χ1n) is 12.5. The highest BCUT2D eigenvalue weighted by molar-refractivity contribution is 7.75. The molecule has 2 saturated heterocycles. The Labute approximate surface area is 245 Å². The number of aromatic nitrogens is 9. The lowest BCUT2D eigenvalue weighted by Crippen LogP contribution is -2.34. The molecule has 0 aromatic carbocycles. The summed E-state index contributed by atoms with van der Waals surface area (Å²) in [5.41, 5.74) is 12.2. The molecule has 2 fully saturated rings. The van der Waals surface area contributed by atoms with Gasteiger partial charge < -0.3 is 43.8 Å². The first-order chi connectivity index (χ1) is 20.4. The Kier molecular flexibility index (Phi) is 8.78. The summed E-state index contributed by atoms with van der Waals surface area (Å²) in [6, 6.07) is 0. The van der Waals surface area contributed by atoms with E-state index in [4.69, 9.17) is 38.7 Å². The Morgan fingerprint density at radius 1 is 1.19 bits per heavy atom. The van der Waals surface area contributed by atoms with Gasteiger partial charge in [-0.05, 0) is 19.3 Å². The van der Waals surface area contributed by atoms with Crippen LogP contribution in [0.3, 0.4) is 0 Å². The fraction of sp³-hybridized carbons (Fsp3) is 0.550. The van der Waals surface area contributed by atoms with Crippen LogP contribution in [0.4, 0.5) is 11.8 Å². The van der Waals surface area contributed by atoms with Crippen LogP contribution in [0.15, 0.2) is 17.3 Å². The Balaban J connectivity index is 1.04. The first kappa shape index (κ1) is 29.4. The smallest absolute Gasteiger partial charge is 0.282 e. The van der Waals surface area contributed by atoms with Gasteiger partial charge in [0, 0.05) is 15.4 Å². The molecule has 0 aliphatic carbocycles. The number of ether oxygens (including phenoxy) is 2. The van der Waals surface area contributed by atoms with E-state index in [9.17, 15) is 9.90 Å². The standard InChI is InChI=1S/C20H27N11O8P2S/c21-15-17-23-2-8(30(17)25-6-24-15)9-1-7(10(37-9)4-34-40)3-35-41-36-5-11-13(32)14(39-42)19(38-11)31-16-12(28-29-31)18(33)27-20(22)26-16/h2,6-7,9-11,13-14,19,32,41-42H,1,3-5,40H2,(H2,21,24,25)(H3,22,26,27,33)/t7-,9-,10-,11-,13-,14-,19-/m1/s1. The SMILES string of the molecule is Nc1nc2c(nnn2[C@@H]2O[C@H](COPOC[C@H]3C[C@H](c4cnc5c(N)ncnn45)O[C@@H]3COP)[C@@H](O)[C@H]2OS)c(=O)[nH]1. The Hall–Kier alpha value is -2.64. The van der Waals surface area contributed by atoms with Gasteiger partial charge in [0.2, 0.25) is 5.95 Å². The van der Waals surface area contributed by atoms with Gasteiger partial charge in [0.05, 0.1) is 37.8 Å². The average Bonchev–Trinajstić information content (AvgIpc) is 3.74. The monoisotopic (exact) mass is 643 g/mol. The number of aliphatic hydroxyl groups is 1. The number of imidazole rings is 1. The molecule has 6 N–H and O–H groups in total. The summed E-state index contributed by atoms with van der Waals surface area (Å²) in [7, 11) is 1.86. The average molecular weight is 644 g/mol. The summed E-state index contributed by atoms with van der Waals surface area (Å²) in [4.78, 5) is 26.8. The van der Waals surface area contributed by atoms with E-state index in [1.165, 1.54) is 11.0 Å². The van der Waals surface area contributed by atoms with Gasteiger partial charge in [0.15, 0.2) is 37.9 Å². The Morgan fingerprint density at radius 2 is 2.02 bits per heavy atom. The molecule has 226 valence electrons. The molecular formula is C20H27N11O8P2S. The predicted octanol–water partition coefficient (Wildman–Crippen LogP) is -0.900. The van der Waals surface area contributed by atoms with Crippen LogP contribution < -0.4 is 17.0 Å². The molecule has 0 amide bonds. The van der Waals surface area contributed by atoms with E-state index < -0.39 is 30.1 Å². The second-order valence-corrected chi connectivity index (χ2v) is 10.8. The minimum Gasteiger partial charge on any atom is -0.387 e. The summed E-state index contributed by atoms with van der Waals surface area (Å²) in [6.07, 6.45) is -0.841. The van der Waals surface area contributed by atoms with E-state index in [-0.39, 0.29) is 56.7 Å². The predicted molar refractivity (Wildman–Crippen MR) is 151 cm³/mol. The number of hydrogen-bond donors (Lipinski definition) is 5. The maximum Gasteiger partial charge on any atom is 0.282 e. The molecule has 0 spiro atoms. The molecule has 22 heteroatoms. The van der Waals surface area contributed by atoms with E-state index in [1.807, 2.05) is 0 Å². The fourth-order valence-electron chi connectivity index (χ4n) is 5.01. The number of aliphatic hydroxyl groups excluding tert-OH is 1. The number of fused-ring (bicyclic) bond motifs is 2. The second kappa shape index (κ2) is 12.5. The molecule has 6 rings (SSSR count). The molecular weight excluding hydrogens is 616 g/mol. The van der Waals surface area contributed by atoms with Crippen LogP contribution in [0.1, 0.15) is 24.4 Å². The van der Waals surface area contributed by atoms with Crippen LogP contribution in [-0.2, 0) is 27.2 Å². The van der Waals surface area contributed by atoms with Crippen LogP contribution in [0, 0.1) is 5.92 Å². The lowest BCUT2D eigenvalue weighted by atomic mass is 10.00. The minimum absolute atomic E-state index is 0.0141. The van der Waals surface area contributed by atoms with Crippen molar-refractivity contribution in [3.8, 4) is 0 Å². The topological polar surface area (TPSA) is 247 Å². The van der Waals surface area contributed by atoms with E-state index in [2.05, 4.69) is 57.7 Å². The number of nitrogens with two attached hydrogens (primary N) is 2. The third-order valence-electron chi connectivity index (χ3n) is 7.02. The van der Waals surface area contributed by atoms with Crippen molar-refractivity contribution in [2.45, 2.75) is 43.2 Å². The maximum absolute atomic E-state index is 12.1. The van der Waals surface area contributed by atoms with Crippen molar-refractivity contribution < 1.29 is 32.3 Å². The number of aromatic amines is 1. The number of hydrogen-bond acceptors (Lipinski definition) is 17. The minimum atomic E-state index is -1.15. The van der Waals surface area contributed by atoms with Crippen LogP contribution in [0.25, 0.3) is 16.8 Å². The molecule has 2 aliphatic rings. The van der Waals surface area contributed by atoms with Crippen molar-refractivity contribution in [3.05, 3.63) is 28.6 Å². The van der Waals surface area contributed by atoms with Gasteiger partial charge in [-0.25, -0.2) is 14.5 Å². The highest BCUT2D eigenvalue weighted by Crippen LogP contribution is 2.39. The number of nitrogen functional groups attached to an aromatic ring is 2. The molecule has 0 saturated carbocycles. The lowest BCUT2D eigenvalue weighted by molar-refractivity contribution is -0.0490. The number of nitrogens with one attached hydrogen (secondary N) is 1. The second-order valence-electron chi connectivity index (χ2n) is 9.54. The van der Waals surface area contributed by atoms with Crippen molar-refractivity contribution in [2.75, 3.05) is 31.3 Å². The summed E-state index contributed by atoms with van der Waals surface area (Å²) in [6.45, 7) is 0.634. The van der Waals surface area contributed by atoms with Crippen LogP contribution in [0.5, 0.6) is 0 Å². The van der Waals surface area contributed by atoms with Crippen molar-refractivity contribution in [1.29, 1.82) is 0 Å². The molecule has 2 unspecified atom stereocenters. The number of H-pyrrole nitrogens is 1. The molecule has 4 aromatic heterocycles. The highest BCUT2D eigenvalue weighted by Gasteiger charge is 2.47. The van der Waals surface area contributed by atoms with E-state index in [0.29, 0.717) is 25.3 Å². The third-order valence-corrected chi connectivity index (χ3v) is 8.03. The molecule has 4 aromatic rings. The van der Waals surface area contributed by atoms with Gasteiger partial charge >= 0.3 is 0 Å². The van der Waals surface area contributed by atoms with E-state index in [1.54, 1.807) is 10.7 Å². The zero-order valence-electron chi connectivity index (χ0n) is 21.6. The largest absolute Gasteiger partial charge is 0.387 e. The van der Waals surface area contributed by atoms with Gasteiger partial charge in [-0.15, -0.1) is 5.10 Å². The summed E-state index contributed by atoms with van der Waals surface area (Å²) in [5, 5.41) is 22.8. The number of anilines is 2. The quantitative estimate of drug-likeness (QED) is 0.0575. The molecule has 9 atom stereocenters. The fourth-order valence-corrected chi connectivity index (χ4v) is 6.02. The summed E-state index contributed by atoms with van der Waals surface area (Å²) in [5.74, 6) is 0.136. The van der Waals surface area contributed by atoms with Gasteiger partial charge in [-0.1, -0.05) is 5.21 Å². The highest BCUT2D eigenvalue weighted by atomic mass is 32.1. The number of nitrogens with zero attached hydrogens (tertiary/aromatic N) is 8. The van der Waals surface area contributed by atoms with Gasteiger partial charge in [0.1, 0.15) is 30.7 Å². The van der Waals surface area contributed by atoms with Crippen LogP contribution in [0.2, 0.25) is 0 Å². The molecule has 42 heavy (non-hydrogen) atoms. The zero-order chi connectivity index (χ0) is 29.4. The van der Waals surface area contributed by atoms with E-state index in [0.717, 1.165) is 5.69 Å². The first-order valence-corrected chi connectivity index (χ1v) is 14.2. The van der Waals surface area contributed by atoms with Crippen molar-refractivity contribution in [1.82, 2.24) is 44.5 Å². The summed E-state index contributed by atoms with van der Waals surface area (Å²) >= 11 is 3.87. The van der Waals surface area contributed by atoms with E-state index >= 15 is 0 Å². The van der Waals surface area contributed by atoms with Gasteiger partial charge in [-0.3, -0.25) is 9.78 Å². The molecule has 2 aliphatic heterocycles.